The fourth-order valence-electron chi connectivity index (χ4n) is 2.85. The van der Waals surface area contributed by atoms with Crippen LogP contribution in [0.2, 0.25) is 5.02 Å². The molecule has 0 saturated carbocycles. The molecule has 1 aromatic carbocycles. The molecule has 1 fully saturated rings. The highest BCUT2D eigenvalue weighted by molar-refractivity contribution is 7.89. The number of benzene rings is 1. The maximum absolute atomic E-state index is 12.9. The Hall–Kier alpha value is -1.71. The molecule has 8 nitrogen and oxygen atoms in total. The Morgan fingerprint density at radius 3 is 2.46 bits per heavy atom. The van der Waals surface area contributed by atoms with Crippen molar-refractivity contribution in [3.8, 4) is 0 Å². The lowest BCUT2D eigenvalue weighted by molar-refractivity contribution is -0.385. The summed E-state index contributed by atoms with van der Waals surface area (Å²) in [4.78, 5) is 24.1. The highest BCUT2D eigenvalue weighted by atomic mass is 35.5. The van der Waals surface area contributed by atoms with Crippen LogP contribution in [-0.2, 0) is 14.8 Å². The van der Waals surface area contributed by atoms with Crippen LogP contribution in [0.25, 0.3) is 0 Å². The fourth-order valence-corrected chi connectivity index (χ4v) is 4.64. The van der Waals surface area contributed by atoms with Gasteiger partial charge in [0.1, 0.15) is 0 Å². The van der Waals surface area contributed by atoms with Gasteiger partial charge in [-0.2, -0.15) is 4.31 Å². The van der Waals surface area contributed by atoms with Gasteiger partial charge < -0.3 is 4.90 Å². The molecule has 0 N–H and O–H groups in total. The van der Waals surface area contributed by atoms with Gasteiger partial charge in [0.15, 0.2) is 0 Å². The van der Waals surface area contributed by atoms with Crippen molar-refractivity contribution >= 4 is 33.2 Å². The van der Waals surface area contributed by atoms with E-state index in [1.54, 1.807) is 18.7 Å². The van der Waals surface area contributed by atoms with Gasteiger partial charge >= 0.3 is 0 Å². The van der Waals surface area contributed by atoms with Crippen LogP contribution in [0.5, 0.6) is 0 Å². The van der Waals surface area contributed by atoms with E-state index in [9.17, 15) is 23.3 Å². The van der Waals surface area contributed by atoms with E-state index >= 15 is 0 Å². The lowest BCUT2D eigenvalue weighted by Gasteiger charge is -2.23. The summed E-state index contributed by atoms with van der Waals surface area (Å²) in [5.74, 6) is -0.171. The molecule has 0 unspecified atom stereocenters. The minimum Gasteiger partial charge on any atom is -0.341 e. The number of rotatable bonds is 4. The number of sulfonamides is 1. The fraction of sp³-hybridized carbons (Fsp3) is 0.562. The summed E-state index contributed by atoms with van der Waals surface area (Å²) in [7, 11) is -3.94. The number of hydrogen-bond donors (Lipinski definition) is 0. The number of nitrogens with zero attached hydrogens (tertiary/aromatic N) is 3. The van der Waals surface area contributed by atoms with Gasteiger partial charge in [0.25, 0.3) is 5.69 Å². The number of carbonyl (C=O) groups is 1. The number of nitro groups is 1. The minimum absolute atomic E-state index is 0.0155. The van der Waals surface area contributed by atoms with Gasteiger partial charge in [-0.1, -0.05) is 25.4 Å². The Labute approximate surface area is 157 Å². The first-order chi connectivity index (χ1) is 12.1. The minimum atomic E-state index is -3.94. The molecule has 26 heavy (non-hydrogen) atoms. The SMILES string of the molecule is Cc1c(Cl)cc(S(=O)(=O)N2CCCN(C(=O)C(C)C)CC2)cc1[N+](=O)[O-]. The summed E-state index contributed by atoms with van der Waals surface area (Å²) in [5, 5.41) is 11.2. The van der Waals surface area contributed by atoms with E-state index in [2.05, 4.69) is 0 Å². The van der Waals surface area contributed by atoms with Crippen molar-refractivity contribution < 1.29 is 18.1 Å². The molecule has 0 aliphatic carbocycles. The highest BCUT2D eigenvalue weighted by Gasteiger charge is 2.31. The Bertz CT molecular complexity index is 825. The quantitative estimate of drug-likeness (QED) is 0.567. The van der Waals surface area contributed by atoms with Crippen LogP contribution in [0.4, 0.5) is 5.69 Å². The molecule has 1 saturated heterocycles. The molecule has 0 spiro atoms. The number of amides is 1. The van der Waals surface area contributed by atoms with E-state index in [4.69, 9.17) is 11.6 Å². The maximum Gasteiger partial charge on any atom is 0.275 e. The first-order valence-electron chi connectivity index (χ1n) is 8.29. The predicted molar refractivity (Wildman–Crippen MR) is 97.6 cm³/mol. The lowest BCUT2D eigenvalue weighted by atomic mass is 10.2. The molecule has 1 aliphatic heterocycles. The molecule has 1 aliphatic rings. The van der Waals surface area contributed by atoms with Crippen molar-refractivity contribution in [3.05, 3.63) is 32.8 Å². The molecule has 0 radical (unpaired) electrons. The van der Waals surface area contributed by atoms with Crippen LogP contribution in [-0.4, -0.2) is 54.6 Å². The molecule has 0 aromatic heterocycles. The molecule has 144 valence electrons. The van der Waals surface area contributed by atoms with Crippen LogP contribution in [0.1, 0.15) is 25.8 Å². The Balaban J connectivity index is 2.31. The third kappa shape index (κ3) is 4.16. The monoisotopic (exact) mass is 403 g/mol. The Morgan fingerprint density at radius 1 is 1.23 bits per heavy atom. The third-order valence-electron chi connectivity index (χ3n) is 4.39. The molecular formula is C16H22ClN3O5S. The molecular weight excluding hydrogens is 382 g/mol. The van der Waals surface area contributed by atoms with Gasteiger partial charge in [0.05, 0.1) is 14.8 Å². The van der Waals surface area contributed by atoms with Gasteiger partial charge in [-0.25, -0.2) is 8.42 Å². The molecule has 0 atom stereocenters. The summed E-state index contributed by atoms with van der Waals surface area (Å²) in [6.45, 7) is 6.22. The van der Waals surface area contributed by atoms with Crippen molar-refractivity contribution in [2.24, 2.45) is 5.92 Å². The van der Waals surface area contributed by atoms with Crippen LogP contribution in [0.3, 0.4) is 0 Å². The molecule has 10 heteroatoms. The molecule has 1 amide bonds. The Kier molecular flexibility index (Phi) is 6.25. The van der Waals surface area contributed by atoms with Crippen molar-refractivity contribution in [3.63, 3.8) is 0 Å². The van der Waals surface area contributed by atoms with Crippen LogP contribution >= 0.6 is 11.6 Å². The van der Waals surface area contributed by atoms with Crippen LogP contribution in [0.15, 0.2) is 17.0 Å². The van der Waals surface area contributed by atoms with Gasteiger partial charge in [0, 0.05) is 43.7 Å². The third-order valence-corrected chi connectivity index (χ3v) is 6.65. The summed E-state index contributed by atoms with van der Waals surface area (Å²) < 4.78 is 27.1. The van der Waals surface area contributed by atoms with Gasteiger partial charge in [-0.05, 0) is 19.4 Å². The molecule has 0 bridgehead atoms. The van der Waals surface area contributed by atoms with Gasteiger partial charge in [-0.3, -0.25) is 14.9 Å². The zero-order chi connectivity index (χ0) is 19.6. The zero-order valence-electron chi connectivity index (χ0n) is 14.9. The topological polar surface area (TPSA) is 101 Å². The number of halogens is 1. The standard InChI is InChI=1S/C16H22ClN3O5S/c1-11(2)16(21)18-5-4-6-19(8-7-18)26(24,25)13-9-14(17)12(3)15(10-13)20(22)23/h9-11H,4-8H2,1-3H3. The van der Waals surface area contributed by atoms with Crippen LogP contribution < -0.4 is 0 Å². The predicted octanol–water partition coefficient (Wildman–Crippen LogP) is 2.44. The summed E-state index contributed by atoms with van der Waals surface area (Å²) >= 11 is 6.00. The van der Waals surface area contributed by atoms with Crippen molar-refractivity contribution in [1.82, 2.24) is 9.21 Å². The van der Waals surface area contributed by atoms with Crippen LogP contribution in [0, 0.1) is 23.0 Å². The average Bonchev–Trinajstić information content (AvgIpc) is 2.82. The number of nitro benzene ring substituents is 1. The van der Waals surface area contributed by atoms with Crippen molar-refractivity contribution in [1.29, 1.82) is 0 Å². The summed E-state index contributed by atoms with van der Waals surface area (Å²) in [5.41, 5.74) is -0.109. The number of hydrogen-bond acceptors (Lipinski definition) is 5. The second kappa shape index (κ2) is 7.89. The maximum atomic E-state index is 12.9. The summed E-state index contributed by atoms with van der Waals surface area (Å²) in [6, 6.07) is 2.28. The van der Waals surface area contributed by atoms with E-state index in [1.165, 1.54) is 17.3 Å². The average molecular weight is 404 g/mol. The number of carbonyl (C=O) groups excluding carboxylic acids is 1. The summed E-state index contributed by atoms with van der Waals surface area (Å²) in [6.07, 6.45) is 0.499. The second-order valence-electron chi connectivity index (χ2n) is 6.54. The van der Waals surface area contributed by atoms with Gasteiger partial charge in [-0.15, -0.1) is 0 Å². The van der Waals surface area contributed by atoms with E-state index < -0.39 is 14.9 Å². The van der Waals surface area contributed by atoms with E-state index in [-0.39, 0.29) is 52.6 Å². The highest BCUT2D eigenvalue weighted by Crippen LogP contribution is 2.31. The Morgan fingerprint density at radius 2 is 1.88 bits per heavy atom. The first kappa shape index (κ1) is 20.6. The van der Waals surface area contributed by atoms with Gasteiger partial charge in [0.2, 0.25) is 15.9 Å². The van der Waals surface area contributed by atoms with E-state index in [0.29, 0.717) is 13.0 Å². The second-order valence-corrected chi connectivity index (χ2v) is 8.89. The van der Waals surface area contributed by atoms with E-state index in [1.807, 2.05) is 0 Å². The molecule has 1 aromatic rings. The largest absolute Gasteiger partial charge is 0.341 e. The lowest BCUT2D eigenvalue weighted by Crippen LogP contribution is -2.38. The van der Waals surface area contributed by atoms with E-state index in [0.717, 1.165) is 6.07 Å². The smallest absolute Gasteiger partial charge is 0.275 e. The van der Waals surface area contributed by atoms with Crippen molar-refractivity contribution in [2.75, 3.05) is 26.2 Å². The zero-order valence-corrected chi connectivity index (χ0v) is 16.5. The van der Waals surface area contributed by atoms with Crippen molar-refractivity contribution in [2.45, 2.75) is 32.1 Å². The molecule has 2 rings (SSSR count). The molecule has 1 heterocycles. The first-order valence-corrected chi connectivity index (χ1v) is 10.1. The normalized spacial score (nSPS) is 16.6.